The maximum atomic E-state index is 13.9. The van der Waals surface area contributed by atoms with E-state index in [-0.39, 0.29) is 72.9 Å². The highest BCUT2D eigenvalue weighted by Gasteiger charge is 2.45. The van der Waals surface area contributed by atoms with Gasteiger partial charge in [-0.3, -0.25) is 33.7 Å². The molecule has 15 nitrogen and oxygen atoms in total. The van der Waals surface area contributed by atoms with Gasteiger partial charge >= 0.3 is 5.97 Å². The average molecular weight is 831 g/mol. The Morgan fingerprint density at radius 1 is 0.951 bits per heavy atom. The molecule has 4 aromatic rings. The number of fused-ring (bicyclic) bond motifs is 7. The predicted octanol–water partition coefficient (Wildman–Crippen LogP) is 4.42. The van der Waals surface area contributed by atoms with E-state index in [2.05, 4.69) is 36.4 Å². The van der Waals surface area contributed by atoms with Gasteiger partial charge in [0.25, 0.3) is 17.4 Å². The third-order valence-corrected chi connectivity index (χ3v) is 11.7. The summed E-state index contributed by atoms with van der Waals surface area (Å²) in [7, 11) is 0. The number of cyclic esters (lactones) is 1. The molecule has 2 aromatic carbocycles. The minimum Gasteiger partial charge on any atom is -0.458 e. The van der Waals surface area contributed by atoms with Crippen molar-refractivity contribution in [2.45, 2.75) is 104 Å². The molecule has 3 atom stereocenters. The van der Waals surface area contributed by atoms with Crippen molar-refractivity contribution in [1.29, 1.82) is 0 Å². The number of unbranched alkanes of at least 4 members (excludes halogenated alkanes) is 2. The lowest BCUT2D eigenvalue weighted by Crippen LogP contribution is -2.52. The van der Waals surface area contributed by atoms with Crippen LogP contribution in [0.4, 0.5) is 5.69 Å². The van der Waals surface area contributed by atoms with Gasteiger partial charge in [0.05, 0.1) is 29.0 Å². The van der Waals surface area contributed by atoms with Gasteiger partial charge in [0.2, 0.25) is 17.7 Å². The van der Waals surface area contributed by atoms with Crippen molar-refractivity contribution < 1.29 is 38.6 Å². The number of pyridine rings is 2. The van der Waals surface area contributed by atoms with Crippen molar-refractivity contribution in [3.05, 3.63) is 93.3 Å². The Morgan fingerprint density at radius 3 is 2.36 bits per heavy atom. The van der Waals surface area contributed by atoms with Gasteiger partial charge in [-0.15, -0.1) is 0 Å². The average Bonchev–Trinajstić information content (AvgIpc) is 3.75. The number of imide groups is 1. The highest BCUT2D eigenvalue weighted by molar-refractivity contribution is 6.13. The number of benzene rings is 2. The summed E-state index contributed by atoms with van der Waals surface area (Å²) < 4.78 is 6.88. The second kappa shape index (κ2) is 16.9. The number of ether oxygens (including phenoxy) is 1. The maximum absolute atomic E-state index is 13.9. The van der Waals surface area contributed by atoms with Gasteiger partial charge in [-0.2, -0.15) is 0 Å². The number of esters is 1. The Morgan fingerprint density at radius 2 is 1.67 bits per heavy atom. The first-order chi connectivity index (χ1) is 29.0. The lowest BCUT2D eigenvalue weighted by atomic mass is 9.86. The van der Waals surface area contributed by atoms with E-state index >= 15 is 0 Å². The van der Waals surface area contributed by atoms with E-state index in [0.29, 0.717) is 53.8 Å². The molecule has 0 saturated heterocycles. The molecule has 15 heteroatoms. The Balaban J connectivity index is 1.08. The molecule has 0 fully saturated rings. The summed E-state index contributed by atoms with van der Waals surface area (Å²) >= 11 is 0. The number of hydrogen-bond donors (Lipinski definition) is 4. The zero-order chi connectivity index (χ0) is 43.9. The van der Waals surface area contributed by atoms with E-state index in [1.165, 1.54) is 12.2 Å². The van der Waals surface area contributed by atoms with Gasteiger partial charge < -0.3 is 30.4 Å². The highest BCUT2D eigenvalue weighted by atomic mass is 16.6. The molecule has 0 aliphatic carbocycles. The van der Waals surface area contributed by atoms with E-state index in [0.717, 1.165) is 32.2 Å². The van der Waals surface area contributed by atoms with Gasteiger partial charge in [0.1, 0.15) is 18.7 Å². The van der Waals surface area contributed by atoms with Crippen LogP contribution in [0.3, 0.4) is 0 Å². The third kappa shape index (κ3) is 8.09. The lowest BCUT2D eigenvalue weighted by molar-refractivity contribution is -0.172. The van der Waals surface area contributed by atoms with Crippen LogP contribution in [0, 0.1) is 5.92 Å². The van der Waals surface area contributed by atoms with Crippen LogP contribution in [-0.4, -0.2) is 73.7 Å². The van der Waals surface area contributed by atoms with Crippen LogP contribution in [-0.2, 0) is 58.7 Å². The van der Waals surface area contributed by atoms with E-state index in [1.54, 1.807) is 37.5 Å². The molecule has 0 radical (unpaired) electrons. The number of carbonyl (C=O) groups excluding carboxylic acids is 6. The molecular formula is C46H50N6O9. The lowest BCUT2D eigenvalue weighted by Gasteiger charge is -2.31. The maximum Gasteiger partial charge on any atom is 0.343 e. The number of aromatic nitrogens is 2. The van der Waals surface area contributed by atoms with Crippen LogP contribution in [0.25, 0.3) is 33.1 Å². The van der Waals surface area contributed by atoms with Crippen LogP contribution < -0.4 is 21.5 Å². The number of amides is 5. The van der Waals surface area contributed by atoms with Gasteiger partial charge in [-0.05, 0) is 91.6 Å². The van der Waals surface area contributed by atoms with Crippen LogP contribution in [0.1, 0.15) is 89.0 Å². The Hall–Kier alpha value is -6.48. The monoisotopic (exact) mass is 830 g/mol. The van der Waals surface area contributed by atoms with Crippen molar-refractivity contribution in [2.24, 2.45) is 5.92 Å². The SMILES string of the molecule is C=C(C)[C@H](NC(=O)CCCCCN1C(=O)C=CC1=O)C(=O)N[C@@H](C)C(=O)Nc1ccc2ccc3nc4c(c(CC(C)C)c3c2c1)Cn1c-4cc2c(c1=O)COC(=O)[C@]2(O)CC. The zero-order valence-electron chi connectivity index (χ0n) is 35.0. The van der Waals surface area contributed by atoms with Crippen molar-refractivity contribution >= 4 is 62.9 Å². The van der Waals surface area contributed by atoms with Gasteiger partial charge in [-0.25, -0.2) is 9.78 Å². The van der Waals surface area contributed by atoms with Crippen LogP contribution in [0.5, 0.6) is 0 Å². The fourth-order valence-corrected chi connectivity index (χ4v) is 8.35. The molecule has 3 aliphatic heterocycles. The zero-order valence-corrected chi connectivity index (χ0v) is 35.0. The molecule has 0 bridgehead atoms. The molecule has 7 rings (SSSR count). The minimum absolute atomic E-state index is 0.0406. The van der Waals surface area contributed by atoms with Crippen LogP contribution in [0.15, 0.2) is 65.5 Å². The van der Waals surface area contributed by atoms with Crippen molar-refractivity contribution in [3.8, 4) is 11.4 Å². The number of nitrogens with one attached hydrogen (secondary N) is 3. The van der Waals surface area contributed by atoms with E-state index in [4.69, 9.17) is 9.72 Å². The van der Waals surface area contributed by atoms with Gasteiger partial charge in [-0.1, -0.05) is 45.9 Å². The molecule has 3 aliphatic rings. The first-order valence-corrected chi connectivity index (χ1v) is 20.7. The summed E-state index contributed by atoms with van der Waals surface area (Å²) in [5.41, 5.74) is 2.78. The number of rotatable bonds is 15. The van der Waals surface area contributed by atoms with Crippen molar-refractivity contribution in [2.75, 3.05) is 11.9 Å². The standard InChI is InChI=1S/C46H50N6O9/c1-7-46(60)33-21-35-41-31(22-52(35)44(58)32(33)23-61-45(46)59)30(19-24(2)3)39-29-20-28(14-12-27(29)13-15-34(39)49-41)48-42(56)26(6)47-43(57)40(25(4)5)50-36(53)11-9-8-10-18-51-37(54)16-17-38(51)55/h12-17,20-21,24,26,40,60H,4,7-11,18-19,22-23H2,1-3,5-6H3,(H,47,57)(H,48,56)(H,50,53)/t26-,40-,46-/m0/s1. The summed E-state index contributed by atoms with van der Waals surface area (Å²) in [4.78, 5) is 96.0. The summed E-state index contributed by atoms with van der Waals surface area (Å²) in [6.07, 6.45) is 4.90. The summed E-state index contributed by atoms with van der Waals surface area (Å²) in [5, 5.41) is 22.3. The first kappa shape index (κ1) is 42.6. The quantitative estimate of drug-likeness (QED) is 0.0384. The molecule has 318 valence electrons. The molecule has 4 N–H and O–H groups in total. The fourth-order valence-electron chi connectivity index (χ4n) is 8.35. The number of aliphatic hydroxyl groups is 1. The number of nitrogens with zero attached hydrogens (tertiary/aromatic N) is 3. The van der Waals surface area contributed by atoms with Gasteiger partial charge in [0.15, 0.2) is 5.60 Å². The molecule has 0 spiro atoms. The summed E-state index contributed by atoms with van der Waals surface area (Å²) in [5.74, 6) is -2.71. The largest absolute Gasteiger partial charge is 0.458 e. The van der Waals surface area contributed by atoms with Crippen LogP contribution in [0.2, 0.25) is 0 Å². The molecule has 5 amide bonds. The molecule has 5 heterocycles. The van der Waals surface area contributed by atoms with E-state index in [1.807, 2.05) is 24.3 Å². The molecule has 0 saturated carbocycles. The van der Waals surface area contributed by atoms with E-state index < -0.39 is 35.5 Å². The Bertz CT molecular complexity index is 2630. The highest BCUT2D eigenvalue weighted by Crippen LogP contribution is 2.42. The minimum atomic E-state index is -1.94. The number of anilines is 1. The molecule has 61 heavy (non-hydrogen) atoms. The molecule has 0 unspecified atom stereocenters. The first-order valence-electron chi connectivity index (χ1n) is 20.7. The van der Waals surface area contributed by atoms with Crippen molar-refractivity contribution in [1.82, 2.24) is 25.1 Å². The normalized spacial score (nSPS) is 17.6. The van der Waals surface area contributed by atoms with Gasteiger partial charge in [0, 0.05) is 47.3 Å². The van der Waals surface area contributed by atoms with Crippen LogP contribution >= 0.6 is 0 Å². The van der Waals surface area contributed by atoms with E-state index in [9.17, 15) is 38.7 Å². The number of hydrogen-bond acceptors (Lipinski definition) is 10. The summed E-state index contributed by atoms with van der Waals surface area (Å²) in [6.45, 7) is 13.2. The smallest absolute Gasteiger partial charge is 0.343 e. The third-order valence-electron chi connectivity index (χ3n) is 11.7. The molecule has 2 aromatic heterocycles. The predicted molar refractivity (Wildman–Crippen MR) is 228 cm³/mol. The topological polar surface area (TPSA) is 206 Å². The number of carbonyl (C=O) groups is 6. The Labute approximate surface area is 352 Å². The second-order valence-electron chi connectivity index (χ2n) is 16.6. The summed E-state index contributed by atoms with van der Waals surface area (Å²) in [6, 6.07) is 9.04. The molecular weight excluding hydrogens is 781 g/mol. The second-order valence-corrected chi connectivity index (χ2v) is 16.6. The van der Waals surface area contributed by atoms with Crippen molar-refractivity contribution in [3.63, 3.8) is 0 Å². The Kier molecular flexibility index (Phi) is 11.8. The fraction of sp³-hybridized carbons (Fsp3) is 0.391.